The molecule has 0 spiro atoms. The van der Waals surface area contributed by atoms with Gasteiger partial charge in [-0.25, -0.2) is 8.42 Å². The first-order valence-electron chi connectivity index (χ1n) is 9.82. The van der Waals surface area contributed by atoms with E-state index < -0.39 is 32.5 Å². The average Bonchev–Trinajstić information content (AvgIpc) is 2.73. The van der Waals surface area contributed by atoms with E-state index in [1.54, 1.807) is 37.3 Å². The molecule has 0 aromatic heterocycles. The third kappa shape index (κ3) is 4.93. The predicted molar refractivity (Wildman–Crippen MR) is 117 cm³/mol. The van der Waals surface area contributed by atoms with Gasteiger partial charge in [0.15, 0.2) is 22.2 Å². The molecular formula is C22H24N2O6S. The van der Waals surface area contributed by atoms with Gasteiger partial charge in [0.1, 0.15) is 16.8 Å². The van der Waals surface area contributed by atoms with Crippen LogP contribution in [0, 0.1) is 6.92 Å². The molecule has 8 nitrogen and oxygen atoms in total. The van der Waals surface area contributed by atoms with Crippen molar-refractivity contribution in [2.75, 3.05) is 29.1 Å². The van der Waals surface area contributed by atoms with E-state index in [0.717, 1.165) is 5.56 Å². The molecule has 0 bridgehead atoms. The van der Waals surface area contributed by atoms with Crippen LogP contribution < -0.4 is 15.0 Å². The summed E-state index contributed by atoms with van der Waals surface area (Å²) in [6.07, 6.45) is 0. The van der Waals surface area contributed by atoms with Gasteiger partial charge in [-0.15, -0.1) is 0 Å². The number of ketones is 1. The number of nitrogens with one attached hydrogen (secondary N) is 1. The number of carbonyl (C=O) groups excluding carboxylic acids is 3. The summed E-state index contributed by atoms with van der Waals surface area (Å²) in [6, 6.07) is 11.4. The van der Waals surface area contributed by atoms with Crippen LogP contribution in [0.4, 0.5) is 11.4 Å². The van der Waals surface area contributed by atoms with Gasteiger partial charge in [0.2, 0.25) is 5.91 Å². The summed E-state index contributed by atoms with van der Waals surface area (Å²) < 4.78 is 30.8. The minimum absolute atomic E-state index is 0.0883. The lowest BCUT2D eigenvalue weighted by Gasteiger charge is -2.28. The number of hydrogen-bond donors (Lipinski definition) is 1. The first-order chi connectivity index (χ1) is 14.6. The maximum Gasteiger partial charge on any atom is 0.265 e. The molecular weight excluding hydrogens is 420 g/mol. The van der Waals surface area contributed by atoms with E-state index in [-0.39, 0.29) is 18.1 Å². The second-order valence-corrected chi connectivity index (χ2v) is 9.66. The summed E-state index contributed by atoms with van der Waals surface area (Å²) in [4.78, 5) is 38.6. The Morgan fingerprint density at radius 3 is 2.48 bits per heavy atom. The van der Waals surface area contributed by atoms with Crippen LogP contribution in [0.5, 0.6) is 5.75 Å². The van der Waals surface area contributed by atoms with E-state index in [0.29, 0.717) is 23.7 Å². The van der Waals surface area contributed by atoms with Crippen molar-refractivity contribution in [1.82, 2.24) is 0 Å². The summed E-state index contributed by atoms with van der Waals surface area (Å²) in [5.41, 5.74) is 2.03. The molecule has 2 aromatic carbocycles. The van der Waals surface area contributed by atoms with Crippen LogP contribution in [0.1, 0.15) is 29.8 Å². The van der Waals surface area contributed by atoms with E-state index in [9.17, 15) is 22.8 Å². The third-order valence-corrected chi connectivity index (χ3v) is 7.03. The van der Waals surface area contributed by atoms with Crippen LogP contribution >= 0.6 is 0 Å². The smallest absolute Gasteiger partial charge is 0.265 e. The lowest BCUT2D eigenvalue weighted by molar-refractivity contribution is -0.121. The zero-order chi connectivity index (χ0) is 22.8. The van der Waals surface area contributed by atoms with Gasteiger partial charge in [-0.1, -0.05) is 17.7 Å². The lowest BCUT2D eigenvalue weighted by Crippen LogP contribution is -2.39. The first-order valence-corrected chi connectivity index (χ1v) is 11.5. The highest BCUT2D eigenvalue weighted by Crippen LogP contribution is 2.33. The zero-order valence-electron chi connectivity index (χ0n) is 17.5. The molecule has 1 N–H and O–H groups in total. The molecule has 164 valence electrons. The Hall–Kier alpha value is -3.20. The SMILES string of the molecule is CCN1C(=O)COc2ccc(C(=O)C(C)S(=O)(=O)CC(=O)Nc3ccc(C)cc3)cc21. The Balaban J connectivity index is 1.75. The fourth-order valence-electron chi connectivity index (χ4n) is 3.24. The third-order valence-electron chi connectivity index (χ3n) is 5.08. The quantitative estimate of drug-likeness (QED) is 0.657. The van der Waals surface area contributed by atoms with Gasteiger partial charge in [0, 0.05) is 17.8 Å². The van der Waals surface area contributed by atoms with Crippen LogP contribution in [0.3, 0.4) is 0 Å². The van der Waals surface area contributed by atoms with Crippen molar-refractivity contribution in [3.05, 3.63) is 53.6 Å². The molecule has 2 amide bonds. The Labute approximate surface area is 181 Å². The fraction of sp³-hybridized carbons (Fsp3) is 0.318. The minimum Gasteiger partial charge on any atom is -0.482 e. The highest BCUT2D eigenvalue weighted by molar-refractivity contribution is 7.93. The van der Waals surface area contributed by atoms with Gasteiger partial charge in [-0.3, -0.25) is 14.4 Å². The molecule has 0 saturated carbocycles. The molecule has 9 heteroatoms. The lowest BCUT2D eigenvalue weighted by atomic mass is 10.1. The van der Waals surface area contributed by atoms with Crippen molar-refractivity contribution in [3.8, 4) is 5.75 Å². The number of amides is 2. The molecule has 1 unspecified atom stereocenters. The van der Waals surface area contributed by atoms with Crippen molar-refractivity contribution >= 4 is 38.8 Å². The largest absolute Gasteiger partial charge is 0.482 e. The number of aryl methyl sites for hydroxylation is 1. The van der Waals surface area contributed by atoms with Crippen molar-refractivity contribution in [2.45, 2.75) is 26.0 Å². The van der Waals surface area contributed by atoms with Crippen molar-refractivity contribution in [1.29, 1.82) is 0 Å². The topological polar surface area (TPSA) is 110 Å². The van der Waals surface area contributed by atoms with E-state index >= 15 is 0 Å². The van der Waals surface area contributed by atoms with Crippen molar-refractivity contribution in [3.63, 3.8) is 0 Å². The van der Waals surface area contributed by atoms with Crippen LogP contribution in [0.15, 0.2) is 42.5 Å². The van der Waals surface area contributed by atoms with Crippen LogP contribution in [-0.4, -0.2) is 50.2 Å². The van der Waals surface area contributed by atoms with Gasteiger partial charge in [0.05, 0.1) is 5.69 Å². The average molecular weight is 445 g/mol. The normalized spacial score (nSPS) is 14.4. The van der Waals surface area contributed by atoms with Gasteiger partial charge < -0.3 is 15.0 Å². The highest BCUT2D eigenvalue weighted by Gasteiger charge is 2.32. The Morgan fingerprint density at radius 2 is 1.84 bits per heavy atom. The van der Waals surface area contributed by atoms with Crippen LogP contribution in [0.25, 0.3) is 0 Å². The first kappa shape index (κ1) is 22.5. The predicted octanol–water partition coefficient (Wildman–Crippen LogP) is 2.37. The Morgan fingerprint density at radius 1 is 1.16 bits per heavy atom. The highest BCUT2D eigenvalue weighted by atomic mass is 32.2. The molecule has 0 fully saturated rings. The fourth-order valence-corrected chi connectivity index (χ4v) is 4.39. The number of anilines is 2. The van der Waals surface area contributed by atoms with E-state index in [2.05, 4.69) is 5.32 Å². The number of ether oxygens (including phenoxy) is 1. The van der Waals surface area contributed by atoms with Gasteiger partial charge in [-0.2, -0.15) is 0 Å². The van der Waals surface area contributed by atoms with Crippen LogP contribution in [-0.2, 0) is 19.4 Å². The van der Waals surface area contributed by atoms with Gasteiger partial charge in [-0.05, 0) is 51.1 Å². The number of rotatable bonds is 7. The summed E-state index contributed by atoms with van der Waals surface area (Å²) in [5, 5.41) is 1.10. The molecule has 1 aliphatic rings. The molecule has 1 heterocycles. The molecule has 0 saturated heterocycles. The number of benzene rings is 2. The maximum atomic E-state index is 12.9. The molecule has 2 aromatic rings. The van der Waals surface area contributed by atoms with E-state index in [1.807, 2.05) is 6.92 Å². The molecule has 31 heavy (non-hydrogen) atoms. The zero-order valence-corrected chi connectivity index (χ0v) is 18.4. The number of carbonyl (C=O) groups is 3. The Bertz CT molecular complexity index is 1130. The van der Waals surface area contributed by atoms with E-state index in [1.165, 1.54) is 24.0 Å². The second-order valence-electron chi connectivity index (χ2n) is 7.34. The Kier molecular flexibility index (Phi) is 6.45. The minimum atomic E-state index is -4.06. The number of fused-ring (bicyclic) bond motifs is 1. The van der Waals surface area contributed by atoms with Crippen molar-refractivity contribution < 1.29 is 27.5 Å². The number of sulfone groups is 1. The van der Waals surface area contributed by atoms with E-state index in [4.69, 9.17) is 4.74 Å². The second kappa shape index (κ2) is 8.89. The molecule has 0 aliphatic carbocycles. The molecule has 1 aliphatic heterocycles. The van der Waals surface area contributed by atoms with Gasteiger partial charge >= 0.3 is 0 Å². The number of likely N-dealkylation sites (N-methyl/N-ethyl adjacent to an activating group) is 1. The van der Waals surface area contributed by atoms with Crippen molar-refractivity contribution in [2.24, 2.45) is 0 Å². The number of hydrogen-bond acceptors (Lipinski definition) is 6. The summed E-state index contributed by atoms with van der Waals surface area (Å²) in [6.45, 7) is 5.25. The molecule has 3 rings (SSSR count). The summed E-state index contributed by atoms with van der Waals surface area (Å²) in [7, 11) is -4.06. The molecule has 0 radical (unpaired) electrons. The number of nitrogens with zero attached hydrogens (tertiary/aromatic N) is 1. The van der Waals surface area contributed by atoms with Crippen LogP contribution in [0.2, 0.25) is 0 Å². The summed E-state index contributed by atoms with van der Waals surface area (Å²) in [5.74, 6) is -1.98. The standard InChI is InChI=1S/C22H24N2O6S/c1-4-24-18-11-16(7-10-19(18)30-12-21(24)26)22(27)15(3)31(28,29)13-20(25)23-17-8-5-14(2)6-9-17/h5-11,15H,4,12-13H2,1-3H3,(H,23,25). The van der Waals surface area contributed by atoms with Gasteiger partial charge in [0.25, 0.3) is 5.91 Å². The monoisotopic (exact) mass is 444 g/mol. The molecule has 1 atom stereocenters. The maximum absolute atomic E-state index is 12.9. The summed E-state index contributed by atoms with van der Waals surface area (Å²) >= 11 is 0. The number of Topliss-reactive ketones (excluding diaryl/α,β-unsaturated/α-hetero) is 1.